The normalized spacial score (nSPS) is 12.3. The van der Waals surface area contributed by atoms with Crippen LogP contribution in [0.4, 0.5) is 0 Å². The Morgan fingerprint density at radius 2 is 1.64 bits per heavy atom. The number of methoxy groups -OCH3 is 1. The minimum absolute atomic E-state index is 0.0257. The van der Waals surface area contributed by atoms with Gasteiger partial charge in [-0.3, -0.25) is 28.8 Å². The van der Waals surface area contributed by atoms with Crippen LogP contribution in [0, 0.1) is 0 Å². The molecule has 2 amide bonds. The zero-order valence-electron chi connectivity index (χ0n) is 15.0. The van der Waals surface area contributed by atoms with Gasteiger partial charge in [0.1, 0.15) is 17.8 Å². The number of carboxylic acid groups (broad SMARTS) is 3. The van der Waals surface area contributed by atoms with Crippen molar-refractivity contribution < 1.29 is 48.8 Å². The maximum atomic E-state index is 12.1. The Balaban J connectivity index is 4.94. The van der Waals surface area contributed by atoms with E-state index in [1.807, 2.05) is 0 Å². The van der Waals surface area contributed by atoms with Gasteiger partial charge in [-0.1, -0.05) is 0 Å². The van der Waals surface area contributed by atoms with E-state index in [0.717, 1.165) is 7.11 Å². The van der Waals surface area contributed by atoms with Crippen molar-refractivity contribution in [3.05, 3.63) is 0 Å². The molecule has 5 N–H and O–H groups in total. The molecule has 0 spiro atoms. The zero-order chi connectivity index (χ0) is 21.7. The van der Waals surface area contributed by atoms with Crippen molar-refractivity contribution in [2.75, 3.05) is 19.4 Å². The highest BCUT2D eigenvalue weighted by Crippen LogP contribution is 2.17. The topological polar surface area (TPSA) is 196 Å². The number of carboxylic acids is 3. The first-order valence-electron chi connectivity index (χ1n) is 7.98. The molecule has 0 aliphatic rings. The summed E-state index contributed by atoms with van der Waals surface area (Å²) >= 11 is 0.697. The maximum absolute atomic E-state index is 12.1. The Morgan fingerprint density at radius 3 is 2.14 bits per heavy atom. The SMILES string of the molecule is COC(=O)CC(SCC(NC(=O)CCCC(=O)O)C(=O)NCC(=O)O)C(=O)O. The van der Waals surface area contributed by atoms with Crippen molar-refractivity contribution in [3.8, 4) is 0 Å². The third-order valence-corrected chi connectivity index (χ3v) is 4.48. The van der Waals surface area contributed by atoms with Crippen molar-refractivity contribution in [3.63, 3.8) is 0 Å². The smallest absolute Gasteiger partial charge is 0.322 e. The summed E-state index contributed by atoms with van der Waals surface area (Å²) in [5.74, 6) is -6.28. The van der Waals surface area contributed by atoms with Crippen LogP contribution in [-0.2, 0) is 33.5 Å². The number of carbonyl (C=O) groups is 6. The number of thioether (sulfide) groups is 1. The van der Waals surface area contributed by atoms with E-state index in [9.17, 15) is 28.8 Å². The monoisotopic (exact) mass is 422 g/mol. The minimum atomic E-state index is -1.33. The van der Waals surface area contributed by atoms with Crippen LogP contribution < -0.4 is 10.6 Å². The number of esters is 1. The first-order valence-corrected chi connectivity index (χ1v) is 9.03. The average Bonchev–Trinajstić information content (AvgIpc) is 2.60. The standard InChI is InChI=1S/C15H22N2O10S/c1-27-13(23)5-9(15(25)26)28-7-8(14(24)16-6-12(21)22)17-10(18)3-2-4-11(19)20/h8-9H,2-7H2,1H3,(H,16,24)(H,17,18)(H,19,20)(H,21,22)(H,25,26). The highest BCUT2D eigenvalue weighted by molar-refractivity contribution is 8.00. The summed E-state index contributed by atoms with van der Waals surface area (Å²) in [5.41, 5.74) is 0. The van der Waals surface area contributed by atoms with E-state index in [4.69, 9.17) is 15.3 Å². The van der Waals surface area contributed by atoms with Crippen LogP contribution in [0.25, 0.3) is 0 Å². The summed E-state index contributed by atoms with van der Waals surface area (Å²) in [4.78, 5) is 67.5. The molecule has 0 aliphatic carbocycles. The van der Waals surface area contributed by atoms with Gasteiger partial charge in [-0.25, -0.2) is 0 Å². The lowest BCUT2D eigenvalue weighted by Gasteiger charge is -2.19. The molecule has 0 heterocycles. The van der Waals surface area contributed by atoms with Gasteiger partial charge < -0.3 is 30.7 Å². The molecule has 0 bridgehead atoms. The summed E-state index contributed by atoms with van der Waals surface area (Å²) in [6.45, 7) is -0.709. The second kappa shape index (κ2) is 13.4. The Hall–Kier alpha value is -2.83. The van der Waals surface area contributed by atoms with Crippen LogP contribution in [0.1, 0.15) is 25.7 Å². The molecular formula is C15H22N2O10S. The van der Waals surface area contributed by atoms with Crippen LogP contribution in [0.15, 0.2) is 0 Å². The lowest BCUT2D eigenvalue weighted by Crippen LogP contribution is -2.49. The molecule has 0 saturated carbocycles. The van der Waals surface area contributed by atoms with Gasteiger partial charge in [-0.15, -0.1) is 11.8 Å². The average molecular weight is 422 g/mol. The molecule has 0 aromatic rings. The second-order valence-electron chi connectivity index (χ2n) is 5.42. The molecule has 0 aromatic carbocycles. The number of amides is 2. The molecule has 2 unspecified atom stereocenters. The van der Waals surface area contributed by atoms with E-state index in [-0.39, 0.29) is 25.0 Å². The van der Waals surface area contributed by atoms with E-state index in [2.05, 4.69) is 15.4 Å². The third kappa shape index (κ3) is 11.7. The van der Waals surface area contributed by atoms with Gasteiger partial charge in [0.2, 0.25) is 11.8 Å². The number of hydrogen-bond donors (Lipinski definition) is 5. The molecule has 0 radical (unpaired) electrons. The Bertz CT molecular complexity index is 610. The molecule has 2 atom stereocenters. The number of rotatable bonds is 14. The van der Waals surface area contributed by atoms with Crippen molar-refractivity contribution >= 4 is 47.5 Å². The fraction of sp³-hybridized carbons (Fsp3) is 0.600. The third-order valence-electron chi connectivity index (χ3n) is 3.18. The fourth-order valence-corrected chi connectivity index (χ4v) is 2.86. The molecule has 0 saturated heterocycles. The highest BCUT2D eigenvalue weighted by atomic mass is 32.2. The van der Waals surface area contributed by atoms with E-state index in [1.54, 1.807) is 0 Å². The molecule has 13 heteroatoms. The molecular weight excluding hydrogens is 400 g/mol. The molecule has 0 aliphatic heterocycles. The summed E-state index contributed by atoms with van der Waals surface area (Å²) in [6.07, 6.45) is -0.882. The predicted molar refractivity (Wildman–Crippen MR) is 94.6 cm³/mol. The maximum Gasteiger partial charge on any atom is 0.322 e. The van der Waals surface area contributed by atoms with Gasteiger partial charge >= 0.3 is 23.9 Å². The zero-order valence-corrected chi connectivity index (χ0v) is 15.8. The Labute approximate surface area is 164 Å². The van der Waals surface area contributed by atoms with E-state index >= 15 is 0 Å². The molecule has 0 fully saturated rings. The van der Waals surface area contributed by atoms with E-state index in [0.29, 0.717) is 11.8 Å². The van der Waals surface area contributed by atoms with Crippen molar-refractivity contribution in [2.24, 2.45) is 0 Å². The lowest BCUT2D eigenvalue weighted by molar-refractivity contribution is -0.145. The summed E-state index contributed by atoms with van der Waals surface area (Å²) in [5, 5.41) is 29.5. The lowest BCUT2D eigenvalue weighted by atomic mass is 10.2. The van der Waals surface area contributed by atoms with Gasteiger partial charge in [-0.05, 0) is 6.42 Å². The number of carbonyl (C=O) groups excluding carboxylic acids is 3. The molecule has 158 valence electrons. The van der Waals surface area contributed by atoms with Crippen LogP contribution >= 0.6 is 11.8 Å². The van der Waals surface area contributed by atoms with Crippen molar-refractivity contribution in [1.82, 2.24) is 10.6 Å². The quantitative estimate of drug-likeness (QED) is 0.208. The van der Waals surface area contributed by atoms with Gasteiger partial charge in [0, 0.05) is 18.6 Å². The summed E-state index contributed by atoms with van der Waals surface area (Å²) in [7, 11) is 1.09. The van der Waals surface area contributed by atoms with E-state index < -0.39 is 59.9 Å². The number of ether oxygens (including phenoxy) is 1. The van der Waals surface area contributed by atoms with Crippen LogP contribution in [0.3, 0.4) is 0 Å². The minimum Gasteiger partial charge on any atom is -0.481 e. The van der Waals surface area contributed by atoms with Crippen LogP contribution in [-0.4, -0.2) is 81.7 Å². The van der Waals surface area contributed by atoms with Crippen LogP contribution in [0.2, 0.25) is 0 Å². The van der Waals surface area contributed by atoms with Crippen LogP contribution in [0.5, 0.6) is 0 Å². The van der Waals surface area contributed by atoms with Gasteiger partial charge in [0.05, 0.1) is 13.5 Å². The Kier molecular flexibility index (Phi) is 12.0. The van der Waals surface area contributed by atoms with Crippen molar-refractivity contribution in [2.45, 2.75) is 37.0 Å². The van der Waals surface area contributed by atoms with Gasteiger partial charge in [0.25, 0.3) is 0 Å². The largest absolute Gasteiger partial charge is 0.481 e. The molecule has 12 nitrogen and oxygen atoms in total. The summed E-state index contributed by atoms with van der Waals surface area (Å²) < 4.78 is 4.40. The highest BCUT2D eigenvalue weighted by Gasteiger charge is 2.27. The van der Waals surface area contributed by atoms with E-state index in [1.165, 1.54) is 0 Å². The second-order valence-corrected chi connectivity index (χ2v) is 6.66. The fourth-order valence-electron chi connectivity index (χ4n) is 1.80. The summed E-state index contributed by atoms with van der Waals surface area (Å²) in [6, 6.07) is -1.28. The van der Waals surface area contributed by atoms with Gasteiger partial charge in [0.15, 0.2) is 0 Å². The molecule has 0 aromatic heterocycles. The first-order chi connectivity index (χ1) is 13.1. The van der Waals surface area contributed by atoms with Gasteiger partial charge in [-0.2, -0.15) is 0 Å². The molecule has 28 heavy (non-hydrogen) atoms. The first kappa shape index (κ1) is 25.2. The van der Waals surface area contributed by atoms with Crippen molar-refractivity contribution in [1.29, 1.82) is 0 Å². The number of hydrogen-bond acceptors (Lipinski definition) is 8. The number of nitrogens with one attached hydrogen (secondary N) is 2. The predicted octanol–water partition coefficient (Wildman–Crippen LogP) is -1.32. The molecule has 0 rings (SSSR count). The number of aliphatic carboxylic acids is 3. The Morgan fingerprint density at radius 1 is 1.00 bits per heavy atom.